The zero-order chi connectivity index (χ0) is 26.5. The summed E-state index contributed by atoms with van der Waals surface area (Å²) in [5.74, 6) is 0.0816. The van der Waals surface area contributed by atoms with Crippen molar-refractivity contribution >= 4 is 11.6 Å². The number of benzene rings is 3. The van der Waals surface area contributed by atoms with Crippen LogP contribution in [0.5, 0.6) is 11.5 Å². The van der Waals surface area contributed by atoms with Gasteiger partial charge in [0.2, 0.25) is 0 Å². The molecule has 5 nitrogen and oxygen atoms in total. The minimum absolute atomic E-state index is 0.156. The van der Waals surface area contributed by atoms with E-state index in [2.05, 4.69) is 15.0 Å². The van der Waals surface area contributed by atoms with E-state index in [-0.39, 0.29) is 17.8 Å². The van der Waals surface area contributed by atoms with Crippen molar-refractivity contribution in [3.63, 3.8) is 0 Å². The lowest BCUT2D eigenvalue weighted by atomic mass is 9.99. The van der Waals surface area contributed by atoms with Crippen molar-refractivity contribution in [1.82, 2.24) is 4.90 Å². The summed E-state index contributed by atoms with van der Waals surface area (Å²) in [5.41, 5.74) is 2.22. The minimum Gasteiger partial charge on any atom is -0.490 e. The van der Waals surface area contributed by atoms with Crippen LogP contribution in [0.1, 0.15) is 48.9 Å². The molecule has 0 unspecified atom stereocenters. The molecule has 200 valence electrons. The van der Waals surface area contributed by atoms with E-state index >= 15 is 0 Å². The number of amides is 1. The zero-order valence-corrected chi connectivity index (χ0v) is 21.0. The monoisotopic (exact) mass is 524 g/mol. The summed E-state index contributed by atoms with van der Waals surface area (Å²) in [6.45, 7) is 2.12. The first-order valence-corrected chi connectivity index (χ1v) is 13.1. The summed E-state index contributed by atoms with van der Waals surface area (Å²) in [7, 11) is 0. The van der Waals surface area contributed by atoms with Crippen LogP contribution < -0.4 is 14.8 Å². The van der Waals surface area contributed by atoms with E-state index in [9.17, 15) is 18.0 Å². The number of carbonyl (C=O) groups is 1. The number of hydrogen-bond acceptors (Lipinski definition) is 4. The van der Waals surface area contributed by atoms with E-state index in [1.54, 1.807) is 30.3 Å². The Kier molecular flexibility index (Phi) is 7.88. The van der Waals surface area contributed by atoms with Crippen molar-refractivity contribution in [2.75, 3.05) is 18.4 Å². The van der Waals surface area contributed by atoms with Crippen LogP contribution in [-0.2, 0) is 0 Å². The van der Waals surface area contributed by atoms with Crippen molar-refractivity contribution < 1.29 is 27.4 Å². The predicted octanol–water partition coefficient (Wildman–Crippen LogP) is 7.29. The van der Waals surface area contributed by atoms with Crippen molar-refractivity contribution in [1.29, 1.82) is 0 Å². The SMILES string of the molecule is O=C(Nc1cccc(OC2CCN(C3CCCC3)CC2)c1)c1ccccc1-c1ccc(OC(F)(F)F)cc1. The van der Waals surface area contributed by atoms with Crippen LogP contribution in [0.15, 0.2) is 72.8 Å². The van der Waals surface area contributed by atoms with Gasteiger partial charge in [0, 0.05) is 36.4 Å². The highest BCUT2D eigenvalue weighted by Gasteiger charge is 2.31. The van der Waals surface area contributed by atoms with Gasteiger partial charge in [-0.3, -0.25) is 4.79 Å². The summed E-state index contributed by atoms with van der Waals surface area (Å²) in [6.07, 6.45) is 2.69. The second kappa shape index (κ2) is 11.5. The highest BCUT2D eigenvalue weighted by molar-refractivity contribution is 6.08. The molecule has 5 rings (SSSR count). The van der Waals surface area contributed by atoms with Gasteiger partial charge in [-0.15, -0.1) is 13.2 Å². The number of hydrogen-bond donors (Lipinski definition) is 1. The number of nitrogens with zero attached hydrogens (tertiary/aromatic N) is 1. The summed E-state index contributed by atoms with van der Waals surface area (Å²) in [4.78, 5) is 15.8. The summed E-state index contributed by atoms with van der Waals surface area (Å²) >= 11 is 0. The van der Waals surface area contributed by atoms with E-state index in [1.807, 2.05) is 18.2 Å². The largest absolute Gasteiger partial charge is 0.573 e. The molecule has 3 aromatic carbocycles. The molecule has 0 atom stereocenters. The Morgan fingerprint density at radius 2 is 1.55 bits per heavy atom. The number of anilines is 1. The van der Waals surface area contributed by atoms with Gasteiger partial charge in [-0.2, -0.15) is 0 Å². The Balaban J connectivity index is 1.22. The number of piperidine rings is 1. The molecule has 0 radical (unpaired) electrons. The standard InChI is InChI=1S/C30H31F3N2O3/c31-30(32,33)38-25-14-12-21(13-15-25)27-10-3-4-11-28(27)29(36)34-22-6-5-9-26(20-22)37-24-16-18-35(19-17-24)23-7-1-2-8-23/h3-6,9-15,20,23-24H,1-2,7-8,16-19H2,(H,34,36). The number of rotatable bonds is 7. The number of halogens is 3. The molecule has 1 aliphatic carbocycles. The molecule has 1 aliphatic heterocycles. The van der Waals surface area contributed by atoms with Gasteiger partial charge in [0.15, 0.2) is 0 Å². The van der Waals surface area contributed by atoms with Crippen LogP contribution in [0.3, 0.4) is 0 Å². The molecular weight excluding hydrogens is 493 g/mol. The van der Waals surface area contributed by atoms with E-state index in [0.717, 1.165) is 37.7 Å². The van der Waals surface area contributed by atoms with E-state index in [4.69, 9.17) is 4.74 Å². The molecule has 8 heteroatoms. The Morgan fingerprint density at radius 3 is 2.26 bits per heavy atom. The van der Waals surface area contributed by atoms with Crippen LogP contribution >= 0.6 is 0 Å². The van der Waals surface area contributed by atoms with E-state index < -0.39 is 6.36 Å². The Labute approximate surface area is 220 Å². The molecule has 2 fully saturated rings. The number of carbonyl (C=O) groups excluding carboxylic acids is 1. The molecule has 0 bridgehead atoms. The number of likely N-dealkylation sites (tertiary alicyclic amines) is 1. The molecule has 3 aromatic rings. The van der Waals surface area contributed by atoms with Gasteiger partial charge in [-0.25, -0.2) is 0 Å². The van der Waals surface area contributed by atoms with Gasteiger partial charge < -0.3 is 19.7 Å². The van der Waals surface area contributed by atoms with Gasteiger partial charge in [0.25, 0.3) is 5.91 Å². The quantitative estimate of drug-likeness (QED) is 0.353. The van der Waals surface area contributed by atoms with Crippen molar-refractivity contribution in [2.24, 2.45) is 0 Å². The molecule has 0 spiro atoms. The van der Waals surface area contributed by atoms with E-state index in [0.29, 0.717) is 22.4 Å². The lowest BCUT2D eigenvalue weighted by molar-refractivity contribution is -0.274. The lowest BCUT2D eigenvalue weighted by Crippen LogP contribution is -2.43. The lowest BCUT2D eigenvalue weighted by Gasteiger charge is -2.36. The summed E-state index contributed by atoms with van der Waals surface area (Å²) < 4.78 is 47.7. The maximum atomic E-state index is 13.2. The topological polar surface area (TPSA) is 50.8 Å². The van der Waals surface area contributed by atoms with Gasteiger partial charge in [0.05, 0.1) is 0 Å². The first kappa shape index (κ1) is 26.1. The van der Waals surface area contributed by atoms with Gasteiger partial charge in [-0.05, 0) is 67.1 Å². The molecule has 38 heavy (non-hydrogen) atoms. The van der Waals surface area contributed by atoms with Crippen molar-refractivity contribution in [3.8, 4) is 22.6 Å². The van der Waals surface area contributed by atoms with Crippen molar-refractivity contribution in [3.05, 3.63) is 78.4 Å². The van der Waals surface area contributed by atoms with Gasteiger partial charge >= 0.3 is 6.36 Å². The maximum absolute atomic E-state index is 13.2. The van der Waals surface area contributed by atoms with Crippen LogP contribution in [0.4, 0.5) is 18.9 Å². The average Bonchev–Trinajstić information content (AvgIpc) is 3.44. The normalized spacial score (nSPS) is 17.3. The molecule has 1 saturated carbocycles. The minimum atomic E-state index is -4.76. The van der Waals surface area contributed by atoms with Crippen LogP contribution in [0, 0.1) is 0 Å². The maximum Gasteiger partial charge on any atom is 0.573 e. The third-order valence-electron chi connectivity index (χ3n) is 7.28. The molecule has 1 N–H and O–H groups in total. The Bertz CT molecular complexity index is 1230. The van der Waals surface area contributed by atoms with Crippen LogP contribution in [-0.4, -0.2) is 42.4 Å². The first-order chi connectivity index (χ1) is 18.3. The molecule has 1 heterocycles. The zero-order valence-electron chi connectivity index (χ0n) is 21.0. The fourth-order valence-corrected chi connectivity index (χ4v) is 5.44. The smallest absolute Gasteiger partial charge is 0.490 e. The predicted molar refractivity (Wildman–Crippen MR) is 140 cm³/mol. The van der Waals surface area contributed by atoms with Crippen molar-refractivity contribution in [2.45, 2.75) is 57.0 Å². The second-order valence-corrected chi connectivity index (χ2v) is 9.89. The van der Waals surface area contributed by atoms with Crippen LogP contribution in [0.25, 0.3) is 11.1 Å². The number of ether oxygens (including phenoxy) is 2. The van der Waals surface area contributed by atoms with Gasteiger partial charge in [-0.1, -0.05) is 49.2 Å². The molecule has 1 amide bonds. The average molecular weight is 525 g/mol. The third-order valence-corrected chi connectivity index (χ3v) is 7.28. The fourth-order valence-electron chi connectivity index (χ4n) is 5.44. The third kappa shape index (κ3) is 6.67. The molecule has 2 aliphatic rings. The molecular formula is C30H31F3N2O3. The Hall–Kier alpha value is -3.52. The number of alkyl halides is 3. The fraction of sp³-hybridized carbons (Fsp3) is 0.367. The van der Waals surface area contributed by atoms with E-state index in [1.165, 1.54) is 49.9 Å². The molecule has 1 saturated heterocycles. The highest BCUT2D eigenvalue weighted by Crippen LogP contribution is 2.30. The van der Waals surface area contributed by atoms with Crippen LogP contribution in [0.2, 0.25) is 0 Å². The Morgan fingerprint density at radius 1 is 0.842 bits per heavy atom. The number of nitrogens with one attached hydrogen (secondary N) is 1. The highest BCUT2D eigenvalue weighted by atomic mass is 19.4. The van der Waals surface area contributed by atoms with Gasteiger partial charge in [0.1, 0.15) is 17.6 Å². The summed E-state index contributed by atoms with van der Waals surface area (Å²) in [6, 6.07) is 20.6. The molecule has 0 aromatic heterocycles. The second-order valence-electron chi connectivity index (χ2n) is 9.89. The summed E-state index contributed by atoms with van der Waals surface area (Å²) in [5, 5.41) is 2.93. The first-order valence-electron chi connectivity index (χ1n) is 13.1.